The first kappa shape index (κ1) is 24.5. The molecule has 0 heterocycles. The van der Waals surface area contributed by atoms with Crippen LogP contribution < -0.4 is 0 Å². The topological polar surface area (TPSA) is 44.8 Å². The Morgan fingerprint density at radius 3 is 1.55 bits per heavy atom. The summed E-state index contributed by atoms with van der Waals surface area (Å²) < 4.78 is 28.1. The Hall–Kier alpha value is 2.52. The monoisotopic (exact) mass is 564 g/mol. The summed E-state index contributed by atoms with van der Waals surface area (Å²) in [5, 5.41) is 0. The second kappa shape index (κ2) is 12.0. The largest absolute Gasteiger partial charge is 0.475 e. The lowest BCUT2D eigenvalue weighted by Crippen LogP contribution is -2.33. The number of hydrogen-bond donors (Lipinski definition) is 0. The van der Waals surface area contributed by atoms with Crippen LogP contribution in [0, 0.1) is 0 Å². The Morgan fingerprint density at radius 1 is 0.909 bits per heavy atom. The Bertz CT molecular complexity index is 340. The van der Waals surface area contributed by atoms with Crippen molar-refractivity contribution < 1.29 is 18.1 Å². The van der Waals surface area contributed by atoms with Gasteiger partial charge in [0.15, 0.2) is 0 Å². The minimum absolute atomic E-state index is 0.0181. The number of phosphoric ester groups is 1. The van der Waals surface area contributed by atoms with Crippen molar-refractivity contribution in [3.05, 3.63) is 0 Å². The molecule has 0 amide bonds. The molecule has 0 rings (SSSR count). The molecule has 0 spiro atoms. The summed E-state index contributed by atoms with van der Waals surface area (Å²) in [7, 11) is -4.02. The molecule has 0 aromatic carbocycles. The number of phosphoric acid groups is 1. The van der Waals surface area contributed by atoms with Crippen molar-refractivity contribution in [3.8, 4) is 0 Å². The van der Waals surface area contributed by atoms with Crippen molar-refractivity contribution in [1.29, 1.82) is 0 Å². The van der Waals surface area contributed by atoms with Gasteiger partial charge in [-0.2, -0.15) is 0 Å². The van der Waals surface area contributed by atoms with Gasteiger partial charge in [-0.25, -0.2) is 4.57 Å². The molecule has 4 nitrogen and oxygen atoms in total. The van der Waals surface area contributed by atoms with Crippen molar-refractivity contribution in [3.63, 3.8) is 0 Å². The van der Waals surface area contributed by atoms with Crippen LogP contribution in [0.5, 0.6) is 0 Å². The van der Waals surface area contributed by atoms with Gasteiger partial charge in [0.05, 0.1) is 47.7 Å². The molecule has 1 unspecified atom stereocenters. The van der Waals surface area contributed by atoms with E-state index >= 15 is 0 Å². The average Bonchev–Trinajstić information content (AvgIpc) is 2.50. The number of alkyl halides is 7. The van der Waals surface area contributed by atoms with Gasteiger partial charge in [-0.15, -0.1) is 58.0 Å². The summed E-state index contributed by atoms with van der Waals surface area (Å²) in [5.41, 5.74) is 0. The van der Waals surface area contributed by atoms with E-state index in [1.54, 1.807) is 6.92 Å². The summed E-state index contributed by atoms with van der Waals surface area (Å²) in [6, 6.07) is 0. The lowest BCUT2D eigenvalue weighted by atomic mass is 10.3. The van der Waals surface area contributed by atoms with Gasteiger partial charge in [0.25, 0.3) is 0 Å². The maximum absolute atomic E-state index is 12.9. The van der Waals surface area contributed by atoms with E-state index in [-0.39, 0.29) is 29.4 Å². The van der Waals surface area contributed by atoms with E-state index in [1.807, 2.05) is 0 Å². The van der Waals surface area contributed by atoms with Crippen LogP contribution in [0.1, 0.15) is 6.92 Å². The van der Waals surface area contributed by atoms with Crippen molar-refractivity contribution in [2.24, 2.45) is 0 Å². The zero-order chi connectivity index (χ0) is 17.4. The van der Waals surface area contributed by atoms with Crippen LogP contribution in [0.25, 0.3) is 0 Å². The highest BCUT2D eigenvalue weighted by Crippen LogP contribution is 2.55. The first-order valence-corrected chi connectivity index (χ1v) is 11.7. The molecular formula is C10H16Br2Cl5O4P. The van der Waals surface area contributed by atoms with Crippen LogP contribution in [0.15, 0.2) is 0 Å². The molecule has 0 bridgehead atoms. The highest BCUT2D eigenvalue weighted by atomic mass is 79.9. The van der Waals surface area contributed by atoms with E-state index < -0.39 is 29.4 Å². The van der Waals surface area contributed by atoms with Gasteiger partial charge in [0, 0.05) is 0 Å². The van der Waals surface area contributed by atoms with Crippen LogP contribution in [0.4, 0.5) is 0 Å². The average molecular weight is 568 g/mol. The summed E-state index contributed by atoms with van der Waals surface area (Å²) in [6.45, 7) is 1.64. The molecule has 134 valence electrons. The summed E-state index contributed by atoms with van der Waals surface area (Å²) in [6.07, 6.45) is -2.11. The number of rotatable bonds is 12. The molecule has 22 heavy (non-hydrogen) atoms. The second-order valence-electron chi connectivity index (χ2n) is 4.16. The third kappa shape index (κ3) is 8.75. The fourth-order valence-electron chi connectivity index (χ4n) is 1.01. The molecule has 0 aliphatic heterocycles. The minimum atomic E-state index is -4.02. The normalized spacial score (nSPS) is 14.8. The van der Waals surface area contributed by atoms with E-state index in [9.17, 15) is 4.57 Å². The molecule has 0 radical (unpaired) electrons. The standard InChI is InChI=1S/C10H16Br2Cl5O4P/c1-7(10(11,12)6-17)19-22(18,20-8(2-13)3-14)21-9(4-15)5-16/h7-9H,2-6H2,1H3. The maximum Gasteiger partial charge on any atom is 0.475 e. The Morgan fingerprint density at radius 2 is 1.27 bits per heavy atom. The van der Waals surface area contributed by atoms with Gasteiger partial charge in [-0.3, -0.25) is 13.6 Å². The van der Waals surface area contributed by atoms with E-state index in [0.717, 1.165) is 0 Å². The van der Waals surface area contributed by atoms with Gasteiger partial charge in [0.2, 0.25) is 0 Å². The van der Waals surface area contributed by atoms with E-state index in [4.69, 9.17) is 71.6 Å². The molecule has 0 N–H and O–H groups in total. The smallest absolute Gasteiger partial charge is 0.281 e. The van der Waals surface area contributed by atoms with Gasteiger partial charge in [-0.1, -0.05) is 31.9 Å². The number of hydrogen-bond acceptors (Lipinski definition) is 4. The molecule has 0 aromatic rings. The van der Waals surface area contributed by atoms with Gasteiger partial charge < -0.3 is 0 Å². The lowest BCUT2D eigenvalue weighted by molar-refractivity contribution is 0.0536. The van der Waals surface area contributed by atoms with Crippen molar-refractivity contribution in [2.45, 2.75) is 28.5 Å². The van der Waals surface area contributed by atoms with Gasteiger partial charge in [0.1, 0.15) is 3.23 Å². The second-order valence-corrected chi connectivity index (χ2v) is 11.1. The minimum Gasteiger partial charge on any atom is -0.281 e. The van der Waals surface area contributed by atoms with Crippen LogP contribution in [0.2, 0.25) is 0 Å². The third-order valence-corrected chi connectivity index (χ3v) is 8.29. The molecule has 12 heteroatoms. The summed E-state index contributed by atoms with van der Waals surface area (Å²) >= 11 is 35.2. The van der Waals surface area contributed by atoms with Gasteiger partial charge in [-0.05, 0) is 6.92 Å². The Labute approximate surface area is 172 Å². The first-order chi connectivity index (χ1) is 10.2. The molecule has 0 fully saturated rings. The summed E-state index contributed by atoms with van der Waals surface area (Å²) in [5.74, 6) is 0.209. The third-order valence-electron chi connectivity index (χ3n) is 2.30. The lowest BCUT2D eigenvalue weighted by Gasteiger charge is -2.31. The fourth-order valence-corrected chi connectivity index (χ4v) is 4.72. The zero-order valence-corrected chi connectivity index (χ0v) is 19.3. The molecule has 0 saturated heterocycles. The Kier molecular flexibility index (Phi) is 13.4. The number of halogens is 7. The predicted octanol–water partition coefficient (Wildman–Crippen LogP) is 5.95. The molecule has 1 atom stereocenters. The van der Waals surface area contributed by atoms with E-state index in [0.29, 0.717) is 0 Å². The zero-order valence-electron chi connectivity index (χ0n) is 11.5. The maximum atomic E-state index is 12.9. The van der Waals surface area contributed by atoms with Crippen molar-refractivity contribution in [2.75, 3.05) is 29.4 Å². The van der Waals surface area contributed by atoms with Gasteiger partial charge >= 0.3 is 7.82 Å². The quantitative estimate of drug-likeness (QED) is 0.216. The van der Waals surface area contributed by atoms with E-state index in [2.05, 4.69) is 31.9 Å². The first-order valence-electron chi connectivity index (χ1n) is 6.00. The SMILES string of the molecule is CC(OP(=O)(OC(CCl)CCl)OC(CCl)CCl)C(Br)(Br)CCl. The fraction of sp³-hybridized carbons (Fsp3) is 1.00. The van der Waals surface area contributed by atoms with Crippen molar-refractivity contribution >= 4 is 97.7 Å². The molecule has 0 aromatic heterocycles. The van der Waals surface area contributed by atoms with E-state index in [1.165, 1.54) is 0 Å². The van der Waals surface area contributed by atoms with Crippen LogP contribution in [-0.2, 0) is 18.1 Å². The van der Waals surface area contributed by atoms with Crippen LogP contribution in [0.3, 0.4) is 0 Å². The summed E-state index contributed by atoms with van der Waals surface area (Å²) in [4.78, 5) is 0. The molecule has 0 aliphatic rings. The molecule has 0 saturated carbocycles. The van der Waals surface area contributed by atoms with Crippen LogP contribution in [-0.4, -0.2) is 50.9 Å². The Balaban J connectivity index is 5.19. The highest BCUT2D eigenvalue weighted by Gasteiger charge is 2.41. The predicted molar refractivity (Wildman–Crippen MR) is 102 cm³/mol. The molecular weight excluding hydrogens is 552 g/mol. The highest BCUT2D eigenvalue weighted by molar-refractivity contribution is 9.25. The van der Waals surface area contributed by atoms with Crippen molar-refractivity contribution in [1.82, 2.24) is 0 Å². The molecule has 0 aliphatic carbocycles. The van der Waals surface area contributed by atoms with Crippen LogP contribution >= 0.6 is 97.7 Å².